The highest BCUT2D eigenvalue weighted by atomic mass is 24.3. The molecule has 1 N–H and O–H groups in total. The molecule has 2 nitrogen and oxygen atoms in total. The van der Waals surface area contributed by atoms with Gasteiger partial charge in [0.25, 0.3) is 0 Å². The van der Waals surface area contributed by atoms with Crippen LogP contribution in [-0.2, 0) is 4.79 Å². The van der Waals surface area contributed by atoms with Crippen molar-refractivity contribution in [2.45, 2.75) is 46.5 Å². The Kier molecular flexibility index (Phi) is 14.2. The minimum atomic E-state index is -0.643. The molecule has 2 radical (unpaired) electrons. The van der Waals surface area contributed by atoms with Crippen LogP contribution in [0.1, 0.15) is 45.1 Å². The van der Waals surface area contributed by atoms with Gasteiger partial charge in [-0.15, -0.1) is 0 Å². The highest BCUT2D eigenvalue weighted by Crippen LogP contribution is 2.11. The van der Waals surface area contributed by atoms with E-state index in [2.05, 4.69) is 26.0 Å². The van der Waals surface area contributed by atoms with E-state index in [0.29, 0.717) is 0 Å². The fourth-order valence-electron chi connectivity index (χ4n) is 1.49. The first-order valence-electron chi connectivity index (χ1n) is 6.36. The number of carboxylic acid groups (broad SMARTS) is 1. The van der Waals surface area contributed by atoms with Crippen molar-refractivity contribution in [1.29, 1.82) is 0 Å². The smallest absolute Gasteiger partial charge is 0.306 e. The predicted molar refractivity (Wildman–Crippen MR) is 77.9 cm³/mol. The van der Waals surface area contributed by atoms with Gasteiger partial charge in [0.15, 0.2) is 0 Å². The first-order chi connectivity index (χ1) is 8.11. The monoisotopic (exact) mass is 260 g/mol. The first-order valence-corrected chi connectivity index (χ1v) is 6.36. The lowest BCUT2D eigenvalue weighted by Crippen LogP contribution is -2.11. The molecule has 0 heterocycles. The molecular weight excluding hydrogens is 236 g/mol. The van der Waals surface area contributed by atoms with E-state index in [1.807, 2.05) is 25.1 Å². The molecule has 0 aliphatic heterocycles. The normalized spacial score (nSPS) is 10.6. The van der Waals surface area contributed by atoms with Gasteiger partial charge in [-0.2, -0.15) is 0 Å². The Bertz CT molecular complexity index is 299. The first kappa shape index (κ1) is 19.8. The maximum Gasteiger partial charge on any atom is 0.306 e. The third kappa shape index (κ3) is 10.6. The second kappa shape index (κ2) is 12.9. The quantitative estimate of drug-likeness (QED) is 0.815. The molecular formula is C15H24MgO2. The van der Waals surface area contributed by atoms with Crippen LogP contribution in [0.2, 0.25) is 0 Å². The molecule has 1 atom stereocenters. The summed E-state index contributed by atoms with van der Waals surface area (Å²) in [6.07, 6.45) is 3.71. The van der Waals surface area contributed by atoms with Gasteiger partial charge in [0.1, 0.15) is 0 Å². The van der Waals surface area contributed by atoms with Crippen LogP contribution in [0.5, 0.6) is 0 Å². The van der Waals surface area contributed by atoms with Gasteiger partial charge in [-0.25, -0.2) is 0 Å². The number of carbonyl (C=O) groups is 1. The minimum Gasteiger partial charge on any atom is -0.481 e. The topological polar surface area (TPSA) is 37.3 Å². The van der Waals surface area contributed by atoms with Crippen molar-refractivity contribution in [3.05, 3.63) is 35.9 Å². The number of carboxylic acids is 1. The molecule has 18 heavy (non-hydrogen) atoms. The Morgan fingerprint density at radius 2 is 1.78 bits per heavy atom. The SMILES string of the molecule is CCCCC(CC)C(=O)O.Cc1ccccc1.[Mg]. The second-order valence-electron chi connectivity index (χ2n) is 4.24. The van der Waals surface area contributed by atoms with Crippen molar-refractivity contribution in [1.82, 2.24) is 0 Å². The standard InChI is InChI=1S/C8H16O2.C7H8.Mg/c1-3-5-6-7(4-2)8(9)10;1-7-5-3-2-4-6-7;/h7H,3-6H2,1-2H3,(H,9,10);2-6H,1H3;. The van der Waals surface area contributed by atoms with Crippen LogP contribution >= 0.6 is 0 Å². The van der Waals surface area contributed by atoms with Crippen LogP contribution in [0.25, 0.3) is 0 Å². The van der Waals surface area contributed by atoms with Crippen LogP contribution in [0, 0.1) is 12.8 Å². The highest BCUT2D eigenvalue weighted by molar-refractivity contribution is 5.75. The number of hydrogen-bond acceptors (Lipinski definition) is 1. The van der Waals surface area contributed by atoms with Crippen LogP contribution < -0.4 is 0 Å². The molecule has 0 aromatic heterocycles. The molecule has 0 bridgehead atoms. The van der Waals surface area contributed by atoms with Crippen molar-refractivity contribution in [3.8, 4) is 0 Å². The summed E-state index contributed by atoms with van der Waals surface area (Å²) in [7, 11) is 0. The lowest BCUT2D eigenvalue weighted by molar-refractivity contribution is -0.142. The molecule has 0 aliphatic rings. The van der Waals surface area contributed by atoms with E-state index >= 15 is 0 Å². The zero-order valence-electron chi connectivity index (χ0n) is 11.9. The van der Waals surface area contributed by atoms with Gasteiger partial charge >= 0.3 is 5.97 Å². The Labute approximate surface area is 127 Å². The molecule has 0 aliphatic carbocycles. The molecule has 0 amide bonds. The number of rotatable bonds is 5. The summed E-state index contributed by atoms with van der Waals surface area (Å²) in [5, 5.41) is 8.60. The van der Waals surface area contributed by atoms with Crippen LogP contribution in [0.3, 0.4) is 0 Å². The summed E-state index contributed by atoms with van der Waals surface area (Å²) < 4.78 is 0. The molecule has 1 aromatic carbocycles. The molecule has 0 spiro atoms. The number of hydrogen-bond donors (Lipinski definition) is 1. The number of aryl methyl sites for hydroxylation is 1. The van der Waals surface area contributed by atoms with E-state index in [9.17, 15) is 4.79 Å². The molecule has 0 saturated carbocycles. The molecule has 0 saturated heterocycles. The molecule has 1 rings (SSSR count). The van der Waals surface area contributed by atoms with E-state index in [0.717, 1.165) is 25.7 Å². The molecule has 1 unspecified atom stereocenters. The zero-order valence-corrected chi connectivity index (χ0v) is 13.3. The maximum absolute atomic E-state index is 10.4. The van der Waals surface area contributed by atoms with Crippen molar-refractivity contribution in [2.75, 3.05) is 0 Å². The van der Waals surface area contributed by atoms with Gasteiger partial charge in [-0.3, -0.25) is 4.79 Å². The van der Waals surface area contributed by atoms with Crippen molar-refractivity contribution in [3.63, 3.8) is 0 Å². The molecule has 0 fully saturated rings. The summed E-state index contributed by atoms with van der Waals surface area (Å²) in [6.45, 7) is 6.09. The van der Waals surface area contributed by atoms with E-state index in [1.54, 1.807) is 0 Å². The maximum atomic E-state index is 10.4. The summed E-state index contributed by atoms with van der Waals surface area (Å²) in [5.41, 5.74) is 1.32. The fraction of sp³-hybridized carbons (Fsp3) is 0.533. The van der Waals surface area contributed by atoms with Crippen molar-refractivity contribution in [2.24, 2.45) is 5.92 Å². The van der Waals surface area contributed by atoms with E-state index in [-0.39, 0.29) is 29.0 Å². The van der Waals surface area contributed by atoms with Crippen LogP contribution in [-0.4, -0.2) is 34.1 Å². The third-order valence-electron chi connectivity index (χ3n) is 2.69. The molecule has 1 aromatic rings. The Morgan fingerprint density at radius 3 is 2.06 bits per heavy atom. The van der Waals surface area contributed by atoms with Gasteiger partial charge < -0.3 is 5.11 Å². The van der Waals surface area contributed by atoms with Gasteiger partial charge in [-0.1, -0.05) is 62.6 Å². The lowest BCUT2D eigenvalue weighted by atomic mass is 10.00. The summed E-state index contributed by atoms with van der Waals surface area (Å²) in [4.78, 5) is 10.4. The third-order valence-corrected chi connectivity index (χ3v) is 2.69. The lowest BCUT2D eigenvalue weighted by Gasteiger charge is -2.06. The highest BCUT2D eigenvalue weighted by Gasteiger charge is 2.12. The van der Waals surface area contributed by atoms with Crippen molar-refractivity contribution >= 4 is 29.0 Å². The molecule has 98 valence electrons. The Morgan fingerprint density at radius 1 is 1.22 bits per heavy atom. The predicted octanol–water partition coefficient (Wildman–Crippen LogP) is 3.90. The minimum absolute atomic E-state index is 0. The van der Waals surface area contributed by atoms with Crippen LogP contribution in [0.4, 0.5) is 0 Å². The van der Waals surface area contributed by atoms with Crippen molar-refractivity contribution < 1.29 is 9.90 Å². The zero-order chi connectivity index (χ0) is 13.1. The summed E-state index contributed by atoms with van der Waals surface area (Å²) in [6, 6.07) is 10.3. The van der Waals surface area contributed by atoms with Gasteiger partial charge in [0, 0.05) is 23.1 Å². The molecule has 3 heteroatoms. The fourth-order valence-corrected chi connectivity index (χ4v) is 1.49. The second-order valence-corrected chi connectivity index (χ2v) is 4.24. The Balaban J connectivity index is 0. The average molecular weight is 261 g/mol. The van der Waals surface area contributed by atoms with E-state index in [4.69, 9.17) is 5.11 Å². The van der Waals surface area contributed by atoms with Crippen LogP contribution in [0.15, 0.2) is 30.3 Å². The number of unbranched alkanes of at least 4 members (excludes halogenated alkanes) is 1. The van der Waals surface area contributed by atoms with Gasteiger partial charge in [0.05, 0.1) is 5.92 Å². The largest absolute Gasteiger partial charge is 0.481 e. The van der Waals surface area contributed by atoms with Gasteiger partial charge in [0.2, 0.25) is 0 Å². The number of aliphatic carboxylic acids is 1. The van der Waals surface area contributed by atoms with E-state index in [1.165, 1.54) is 5.56 Å². The average Bonchev–Trinajstić information content (AvgIpc) is 2.31. The summed E-state index contributed by atoms with van der Waals surface area (Å²) >= 11 is 0. The van der Waals surface area contributed by atoms with Gasteiger partial charge in [-0.05, 0) is 19.8 Å². The van der Waals surface area contributed by atoms with E-state index < -0.39 is 5.97 Å². The Hall–Kier alpha value is -0.544. The number of benzene rings is 1. The summed E-state index contributed by atoms with van der Waals surface area (Å²) in [5.74, 6) is -0.754.